The maximum absolute atomic E-state index is 6.87. The summed E-state index contributed by atoms with van der Waals surface area (Å²) < 4.78 is 13.5. The highest BCUT2D eigenvalue weighted by molar-refractivity contribution is 6.23. The Morgan fingerprint density at radius 2 is 0.797 bits per heavy atom. The smallest absolute Gasteiger partial charge is 0.159 e. The Morgan fingerprint density at radius 3 is 1.53 bits per heavy atom. The van der Waals surface area contributed by atoms with Crippen molar-refractivity contribution in [2.75, 3.05) is 4.90 Å². The molecule has 3 heteroatoms. The molecule has 0 saturated heterocycles. The lowest BCUT2D eigenvalue weighted by molar-refractivity contribution is 0.669. The molecule has 10 aromatic carbocycles. The van der Waals surface area contributed by atoms with Gasteiger partial charge >= 0.3 is 0 Å². The fourth-order valence-electron chi connectivity index (χ4n) is 9.19. The molecular weight excluding hydrogens is 719 g/mol. The summed E-state index contributed by atoms with van der Waals surface area (Å²) >= 11 is 0. The van der Waals surface area contributed by atoms with Crippen LogP contribution in [0.3, 0.4) is 0 Å². The van der Waals surface area contributed by atoms with Gasteiger partial charge in [-0.3, -0.25) is 0 Å². The first kappa shape index (κ1) is 33.3. The number of nitrogens with zero attached hydrogens (tertiary/aromatic N) is 1. The summed E-state index contributed by atoms with van der Waals surface area (Å²) in [4.78, 5) is 2.43. The summed E-state index contributed by atoms with van der Waals surface area (Å²) in [6.07, 6.45) is 0. The fraction of sp³-hybridized carbons (Fsp3) is 0. The van der Waals surface area contributed by atoms with Gasteiger partial charge in [-0.15, -0.1) is 0 Å². The summed E-state index contributed by atoms with van der Waals surface area (Å²) in [5.41, 5.74) is 13.3. The number of benzene rings is 10. The van der Waals surface area contributed by atoms with Gasteiger partial charge in [0.2, 0.25) is 0 Å². The summed E-state index contributed by atoms with van der Waals surface area (Å²) in [5.74, 6) is 0. The van der Waals surface area contributed by atoms with Crippen LogP contribution in [0.15, 0.2) is 221 Å². The van der Waals surface area contributed by atoms with E-state index in [0.29, 0.717) is 0 Å². The molecule has 0 aliphatic rings. The van der Waals surface area contributed by atoms with Gasteiger partial charge in [0.25, 0.3) is 0 Å². The van der Waals surface area contributed by atoms with Crippen molar-refractivity contribution >= 4 is 82.5 Å². The van der Waals surface area contributed by atoms with Gasteiger partial charge in [-0.1, -0.05) is 182 Å². The van der Waals surface area contributed by atoms with Crippen molar-refractivity contribution < 1.29 is 8.83 Å². The van der Waals surface area contributed by atoms with Crippen molar-refractivity contribution in [3.63, 3.8) is 0 Å². The largest absolute Gasteiger partial charge is 0.455 e. The second-order valence-corrected chi connectivity index (χ2v) is 15.2. The number of furan rings is 2. The van der Waals surface area contributed by atoms with Gasteiger partial charge in [-0.25, -0.2) is 0 Å². The van der Waals surface area contributed by atoms with E-state index in [9.17, 15) is 0 Å². The molecule has 0 aliphatic heterocycles. The molecule has 0 fully saturated rings. The molecule has 2 heterocycles. The highest BCUT2D eigenvalue weighted by atomic mass is 16.3. The zero-order valence-electron chi connectivity index (χ0n) is 32.0. The minimum atomic E-state index is 0.834. The average molecular weight is 754 g/mol. The second-order valence-electron chi connectivity index (χ2n) is 15.2. The van der Waals surface area contributed by atoms with Crippen LogP contribution in [0, 0.1) is 0 Å². The van der Waals surface area contributed by atoms with Gasteiger partial charge in [-0.05, 0) is 68.7 Å². The van der Waals surface area contributed by atoms with E-state index in [2.05, 4.69) is 199 Å². The minimum absolute atomic E-state index is 0.834. The third kappa shape index (κ3) is 5.29. The molecule has 0 amide bonds. The molecule has 0 saturated carbocycles. The van der Waals surface area contributed by atoms with E-state index in [1.807, 2.05) is 18.2 Å². The molecule has 12 aromatic rings. The number of hydrogen-bond acceptors (Lipinski definition) is 3. The van der Waals surface area contributed by atoms with Crippen molar-refractivity contribution in [3.8, 4) is 33.4 Å². The maximum Gasteiger partial charge on any atom is 0.159 e. The molecule has 0 spiro atoms. The summed E-state index contributed by atoms with van der Waals surface area (Å²) in [7, 11) is 0. The Kier molecular flexibility index (Phi) is 7.54. The maximum atomic E-state index is 6.87. The van der Waals surface area contributed by atoms with E-state index < -0.39 is 0 Å². The number of rotatable bonds is 6. The quantitative estimate of drug-likeness (QED) is 0.158. The van der Waals surface area contributed by atoms with Crippen molar-refractivity contribution in [1.82, 2.24) is 0 Å². The van der Waals surface area contributed by atoms with Crippen molar-refractivity contribution in [2.24, 2.45) is 0 Å². The molecule has 0 aliphatic carbocycles. The first-order chi connectivity index (χ1) is 29.3. The van der Waals surface area contributed by atoms with Crippen molar-refractivity contribution in [1.29, 1.82) is 0 Å². The fourth-order valence-corrected chi connectivity index (χ4v) is 9.19. The van der Waals surface area contributed by atoms with Crippen LogP contribution in [0.1, 0.15) is 0 Å². The molecule has 0 unspecified atom stereocenters. The number of fused-ring (bicyclic) bond motifs is 9. The van der Waals surface area contributed by atoms with Gasteiger partial charge in [0.15, 0.2) is 5.58 Å². The standard InChI is InChI=1S/C56H35NO2/c1-2-15-36(16-3-1)37-31-33-38(34-32-37)53-46-23-6-4-19-42(46)43-20-5-7-24-47(43)54(53)57(50-28-14-27-49-45-22-9-11-30-52(45)59-56(49)50)40-18-12-17-39(35-40)41-25-13-26-48-44-21-8-10-29-51(44)58-55(41)48/h1-35H. The molecule has 0 radical (unpaired) electrons. The lowest BCUT2D eigenvalue weighted by Gasteiger charge is -2.31. The van der Waals surface area contributed by atoms with Crippen LogP contribution in [-0.2, 0) is 0 Å². The summed E-state index contributed by atoms with van der Waals surface area (Å²) in [6, 6.07) is 75.7. The normalized spacial score (nSPS) is 11.7. The van der Waals surface area contributed by atoms with Crippen LogP contribution in [0.25, 0.3) is 98.8 Å². The zero-order chi connectivity index (χ0) is 38.9. The third-order valence-electron chi connectivity index (χ3n) is 11.9. The second kappa shape index (κ2) is 13.4. The summed E-state index contributed by atoms with van der Waals surface area (Å²) in [5, 5.41) is 9.11. The first-order valence-electron chi connectivity index (χ1n) is 20.1. The van der Waals surface area contributed by atoms with E-state index in [1.54, 1.807) is 0 Å². The Morgan fingerprint density at radius 1 is 0.305 bits per heavy atom. The zero-order valence-corrected chi connectivity index (χ0v) is 32.0. The van der Waals surface area contributed by atoms with E-state index >= 15 is 0 Å². The predicted octanol–water partition coefficient (Wildman–Crippen LogP) is 16.3. The molecule has 0 N–H and O–H groups in total. The molecule has 2 aromatic heterocycles. The topological polar surface area (TPSA) is 29.5 Å². The SMILES string of the molecule is c1ccc(-c2ccc(-c3c(N(c4cccc(-c5cccc6c5oc5ccccc56)c4)c4cccc5c4oc4ccccc45)c4ccccc4c4ccccc34)cc2)cc1. The van der Waals surface area contributed by atoms with E-state index in [0.717, 1.165) is 88.6 Å². The van der Waals surface area contributed by atoms with Crippen LogP contribution in [0.5, 0.6) is 0 Å². The highest BCUT2D eigenvalue weighted by Crippen LogP contribution is 2.52. The Labute approximate surface area is 340 Å². The van der Waals surface area contributed by atoms with E-state index in [1.165, 1.54) is 27.3 Å². The van der Waals surface area contributed by atoms with Gasteiger partial charge in [0, 0.05) is 43.7 Å². The van der Waals surface area contributed by atoms with Crippen LogP contribution >= 0.6 is 0 Å². The molecule has 59 heavy (non-hydrogen) atoms. The monoisotopic (exact) mass is 753 g/mol. The molecule has 0 bridgehead atoms. The Bertz CT molecular complexity index is 3560. The van der Waals surface area contributed by atoms with Gasteiger partial charge in [0.1, 0.15) is 16.7 Å². The molecule has 12 rings (SSSR count). The van der Waals surface area contributed by atoms with E-state index in [4.69, 9.17) is 8.83 Å². The highest BCUT2D eigenvalue weighted by Gasteiger charge is 2.27. The lowest BCUT2D eigenvalue weighted by atomic mass is 9.89. The van der Waals surface area contributed by atoms with Crippen molar-refractivity contribution in [2.45, 2.75) is 0 Å². The predicted molar refractivity (Wildman–Crippen MR) is 247 cm³/mol. The van der Waals surface area contributed by atoms with Gasteiger partial charge in [-0.2, -0.15) is 0 Å². The lowest BCUT2D eigenvalue weighted by Crippen LogP contribution is -2.13. The van der Waals surface area contributed by atoms with Crippen LogP contribution < -0.4 is 4.90 Å². The van der Waals surface area contributed by atoms with Crippen LogP contribution in [0.4, 0.5) is 17.1 Å². The molecule has 3 nitrogen and oxygen atoms in total. The van der Waals surface area contributed by atoms with Gasteiger partial charge < -0.3 is 13.7 Å². The van der Waals surface area contributed by atoms with Gasteiger partial charge in [0.05, 0.1) is 11.4 Å². The molecule has 0 atom stereocenters. The molecule has 276 valence electrons. The number of hydrogen-bond donors (Lipinski definition) is 0. The first-order valence-corrected chi connectivity index (χ1v) is 20.1. The number of para-hydroxylation sites is 4. The van der Waals surface area contributed by atoms with Crippen LogP contribution in [-0.4, -0.2) is 0 Å². The third-order valence-corrected chi connectivity index (χ3v) is 11.9. The van der Waals surface area contributed by atoms with Crippen LogP contribution in [0.2, 0.25) is 0 Å². The Hall–Kier alpha value is -7.88. The van der Waals surface area contributed by atoms with Crippen molar-refractivity contribution in [3.05, 3.63) is 212 Å². The molecular formula is C56H35NO2. The van der Waals surface area contributed by atoms with E-state index in [-0.39, 0.29) is 0 Å². The summed E-state index contributed by atoms with van der Waals surface area (Å²) in [6.45, 7) is 0. The average Bonchev–Trinajstić information content (AvgIpc) is 3.89. The Balaban J connectivity index is 1.18. The minimum Gasteiger partial charge on any atom is -0.455 e. The number of anilines is 3.